The monoisotopic (exact) mass is 628 g/mol. The summed E-state index contributed by atoms with van der Waals surface area (Å²) in [4.78, 5) is 42.8. The Morgan fingerprint density at radius 2 is 1.60 bits per heavy atom. The summed E-state index contributed by atoms with van der Waals surface area (Å²) in [6, 6.07) is 16.6. The highest BCUT2D eigenvalue weighted by Crippen LogP contribution is 2.27. The maximum absolute atomic E-state index is 13.4. The van der Waals surface area contributed by atoms with E-state index in [1.807, 2.05) is 79.6 Å². The normalized spacial score (nSPS) is 14.2. The van der Waals surface area contributed by atoms with Gasteiger partial charge < -0.3 is 20.3 Å². The first-order valence-corrected chi connectivity index (χ1v) is 17.9. The zero-order valence-electron chi connectivity index (χ0n) is 25.9. The summed E-state index contributed by atoms with van der Waals surface area (Å²) in [5.74, 6) is 3.78. The van der Waals surface area contributed by atoms with Crippen molar-refractivity contribution in [3.63, 3.8) is 0 Å². The molecule has 3 rings (SSSR count). The number of hydrogen-bond donors (Lipinski definition) is 2. The summed E-state index contributed by atoms with van der Waals surface area (Å²) in [5, 5.41) is 6.00. The van der Waals surface area contributed by atoms with Gasteiger partial charge in [-0.15, -0.1) is 11.8 Å². The Hall–Kier alpha value is -2.69. The summed E-state index contributed by atoms with van der Waals surface area (Å²) in [6.07, 6.45) is 8.29. The Kier molecular flexibility index (Phi) is 15.8. The number of ether oxygens (including phenoxy) is 1. The minimum Gasteiger partial charge on any atom is -0.457 e. The number of carbonyl (C=O) groups excluding carboxylic acids is 3. The minimum atomic E-state index is -0.656. The number of benzene rings is 2. The fourth-order valence-electron chi connectivity index (χ4n) is 5.14. The van der Waals surface area contributed by atoms with Crippen molar-refractivity contribution >= 4 is 41.2 Å². The maximum atomic E-state index is 13.4. The lowest BCUT2D eigenvalue weighted by Crippen LogP contribution is -2.51. The molecular formula is C33H48N4O4S2. The molecule has 0 heterocycles. The van der Waals surface area contributed by atoms with Crippen molar-refractivity contribution in [1.29, 1.82) is 0 Å². The van der Waals surface area contributed by atoms with E-state index in [1.54, 1.807) is 28.4 Å². The molecule has 43 heavy (non-hydrogen) atoms. The Labute approximate surface area is 266 Å². The predicted octanol–water partition coefficient (Wildman–Crippen LogP) is 5.38. The number of hydrogen-bond acceptors (Lipinski definition) is 7. The number of nitrogens with one attached hydrogen (secondary N) is 2. The van der Waals surface area contributed by atoms with Crippen LogP contribution in [-0.2, 0) is 20.9 Å². The van der Waals surface area contributed by atoms with Crippen molar-refractivity contribution in [2.45, 2.75) is 58.5 Å². The summed E-state index contributed by atoms with van der Waals surface area (Å²) in [7, 11) is 0. The van der Waals surface area contributed by atoms with E-state index in [0.717, 1.165) is 22.8 Å². The zero-order chi connectivity index (χ0) is 30.9. The van der Waals surface area contributed by atoms with Crippen molar-refractivity contribution in [2.75, 3.05) is 49.8 Å². The molecule has 1 saturated carbocycles. The van der Waals surface area contributed by atoms with Crippen LogP contribution in [0.1, 0.15) is 51.5 Å². The molecule has 0 aliphatic heterocycles. The van der Waals surface area contributed by atoms with Crippen LogP contribution in [0.5, 0.6) is 11.5 Å². The Bertz CT molecular complexity index is 1110. The van der Waals surface area contributed by atoms with Crippen LogP contribution in [0.15, 0.2) is 54.6 Å². The third-order valence-electron chi connectivity index (χ3n) is 7.54. The van der Waals surface area contributed by atoms with Crippen molar-refractivity contribution < 1.29 is 19.1 Å². The standard InChI is InChI=1S/C33H48N4O4S2/c1-4-37(5-2)32(39)22-36(25-42-3)21-31(38)35-30(24-43-23-27-12-8-6-9-13-27)33(40)34-20-26-16-18-29(19-17-26)41-28-14-10-7-11-15-28/h7,10-11,14-19,27,30H,4-6,8-9,12-13,20-25H2,1-3H3,(H,34,40)(H,35,38)/t30-/m0/s1. The van der Waals surface area contributed by atoms with E-state index in [9.17, 15) is 14.4 Å². The third kappa shape index (κ3) is 12.8. The topological polar surface area (TPSA) is 91.0 Å². The minimum absolute atomic E-state index is 0.00404. The number of carbonyl (C=O) groups is 3. The lowest BCUT2D eigenvalue weighted by Gasteiger charge is -2.26. The van der Waals surface area contributed by atoms with Crippen molar-refractivity contribution in [2.24, 2.45) is 5.92 Å². The van der Waals surface area contributed by atoms with Gasteiger partial charge in [0.2, 0.25) is 17.7 Å². The van der Waals surface area contributed by atoms with Crippen LogP contribution in [0, 0.1) is 5.92 Å². The number of amides is 3. The second kappa shape index (κ2) is 19.6. The van der Waals surface area contributed by atoms with E-state index in [-0.39, 0.29) is 30.8 Å². The number of para-hydroxylation sites is 1. The lowest BCUT2D eigenvalue weighted by atomic mass is 9.91. The Balaban J connectivity index is 1.57. The average molecular weight is 629 g/mol. The van der Waals surface area contributed by atoms with Gasteiger partial charge in [0.1, 0.15) is 17.5 Å². The molecule has 0 unspecified atom stereocenters. The van der Waals surface area contributed by atoms with Crippen LogP contribution in [0.2, 0.25) is 0 Å². The molecule has 236 valence electrons. The van der Waals surface area contributed by atoms with Gasteiger partial charge in [-0.25, -0.2) is 0 Å². The van der Waals surface area contributed by atoms with Crippen molar-refractivity contribution in [3.8, 4) is 11.5 Å². The first-order chi connectivity index (χ1) is 20.9. The van der Waals surface area contributed by atoms with Gasteiger partial charge in [-0.2, -0.15) is 11.8 Å². The van der Waals surface area contributed by atoms with Gasteiger partial charge in [0, 0.05) is 31.3 Å². The van der Waals surface area contributed by atoms with E-state index in [2.05, 4.69) is 10.6 Å². The van der Waals surface area contributed by atoms with Gasteiger partial charge in [0.15, 0.2) is 0 Å². The summed E-state index contributed by atoms with van der Waals surface area (Å²) < 4.78 is 5.87. The van der Waals surface area contributed by atoms with E-state index < -0.39 is 6.04 Å². The van der Waals surface area contributed by atoms with E-state index in [4.69, 9.17) is 4.74 Å². The lowest BCUT2D eigenvalue weighted by molar-refractivity contribution is -0.133. The largest absolute Gasteiger partial charge is 0.457 e. The number of thioether (sulfide) groups is 2. The zero-order valence-corrected chi connectivity index (χ0v) is 27.5. The fraction of sp³-hybridized carbons (Fsp3) is 0.545. The Morgan fingerprint density at radius 1 is 0.930 bits per heavy atom. The van der Waals surface area contributed by atoms with Crippen LogP contribution in [0.3, 0.4) is 0 Å². The quantitative estimate of drug-likeness (QED) is 0.214. The molecule has 2 N–H and O–H groups in total. The molecule has 1 aliphatic rings. The molecule has 1 fully saturated rings. The Morgan fingerprint density at radius 3 is 2.26 bits per heavy atom. The molecule has 2 aromatic rings. The molecule has 0 spiro atoms. The second-order valence-corrected chi connectivity index (χ2v) is 12.8. The molecular weight excluding hydrogens is 581 g/mol. The smallest absolute Gasteiger partial charge is 0.243 e. The summed E-state index contributed by atoms with van der Waals surface area (Å²) >= 11 is 3.31. The first kappa shape index (κ1) is 34.8. The van der Waals surface area contributed by atoms with E-state index in [0.29, 0.717) is 37.2 Å². The van der Waals surface area contributed by atoms with Gasteiger partial charge in [-0.3, -0.25) is 19.3 Å². The molecule has 1 aliphatic carbocycles. The molecule has 8 nitrogen and oxygen atoms in total. The number of rotatable bonds is 18. The summed E-state index contributed by atoms with van der Waals surface area (Å²) in [6.45, 7) is 5.76. The number of likely N-dealkylation sites (N-methyl/N-ethyl adjacent to an activating group) is 1. The van der Waals surface area contributed by atoms with Crippen LogP contribution in [-0.4, -0.2) is 83.4 Å². The highest BCUT2D eigenvalue weighted by Gasteiger charge is 2.24. The second-order valence-electron chi connectivity index (χ2n) is 10.9. The fourth-order valence-corrected chi connectivity index (χ4v) is 6.96. The first-order valence-electron chi connectivity index (χ1n) is 15.4. The summed E-state index contributed by atoms with van der Waals surface area (Å²) in [5.41, 5.74) is 0.940. The molecule has 0 bridgehead atoms. The molecule has 3 amide bonds. The molecule has 0 radical (unpaired) electrons. The van der Waals surface area contributed by atoms with Gasteiger partial charge >= 0.3 is 0 Å². The van der Waals surface area contributed by atoms with E-state index in [1.165, 1.54) is 32.1 Å². The predicted molar refractivity (Wildman–Crippen MR) is 179 cm³/mol. The molecule has 0 aromatic heterocycles. The van der Waals surface area contributed by atoms with Gasteiger partial charge in [0.05, 0.1) is 13.1 Å². The number of nitrogens with zero attached hydrogens (tertiary/aromatic N) is 2. The van der Waals surface area contributed by atoms with Gasteiger partial charge in [0.25, 0.3) is 0 Å². The van der Waals surface area contributed by atoms with Gasteiger partial charge in [-0.05, 0) is 74.4 Å². The SMILES string of the molecule is CCN(CC)C(=O)CN(CSC)CC(=O)N[C@@H](CSCC1CCCCC1)C(=O)NCc1ccc(Oc2ccccc2)cc1. The molecule has 10 heteroatoms. The molecule has 0 saturated heterocycles. The third-order valence-corrected chi connectivity index (χ3v) is 9.44. The average Bonchev–Trinajstić information content (AvgIpc) is 3.02. The molecule has 1 atom stereocenters. The van der Waals surface area contributed by atoms with Crippen LogP contribution in [0.25, 0.3) is 0 Å². The molecule has 2 aromatic carbocycles. The maximum Gasteiger partial charge on any atom is 0.243 e. The van der Waals surface area contributed by atoms with Crippen LogP contribution in [0.4, 0.5) is 0 Å². The van der Waals surface area contributed by atoms with Crippen LogP contribution < -0.4 is 15.4 Å². The highest BCUT2D eigenvalue weighted by molar-refractivity contribution is 7.99. The van der Waals surface area contributed by atoms with Crippen LogP contribution >= 0.6 is 23.5 Å². The van der Waals surface area contributed by atoms with E-state index >= 15 is 0 Å². The van der Waals surface area contributed by atoms with Crippen molar-refractivity contribution in [1.82, 2.24) is 20.4 Å². The van der Waals surface area contributed by atoms with Crippen molar-refractivity contribution in [3.05, 3.63) is 60.2 Å². The highest BCUT2D eigenvalue weighted by atomic mass is 32.2. The van der Waals surface area contributed by atoms with Gasteiger partial charge in [-0.1, -0.05) is 49.6 Å².